The van der Waals surface area contributed by atoms with Crippen LogP contribution in [0.4, 0.5) is 0 Å². The first-order chi connectivity index (χ1) is 8.83. The van der Waals surface area contributed by atoms with Gasteiger partial charge in [0, 0.05) is 12.6 Å². The Hall–Kier alpha value is -1.53. The van der Waals surface area contributed by atoms with Gasteiger partial charge in [-0.15, -0.1) is 0 Å². The standard InChI is InChI=1S/C15H20N2O/c1-2-17(14-5-6-14)11-12-18-15-7-3-13(4-8-15)9-10-16/h3-4,7-8,14H,2,5-6,9,11-12H2,1H3. The van der Waals surface area contributed by atoms with E-state index in [2.05, 4.69) is 17.9 Å². The van der Waals surface area contributed by atoms with Crippen LogP contribution in [-0.4, -0.2) is 30.6 Å². The van der Waals surface area contributed by atoms with Gasteiger partial charge in [-0.3, -0.25) is 4.90 Å². The van der Waals surface area contributed by atoms with E-state index in [1.54, 1.807) is 0 Å². The topological polar surface area (TPSA) is 36.3 Å². The van der Waals surface area contributed by atoms with Crippen LogP contribution in [-0.2, 0) is 6.42 Å². The molecule has 0 amide bonds. The normalized spacial score (nSPS) is 14.5. The lowest BCUT2D eigenvalue weighted by Gasteiger charge is -2.19. The number of hydrogen-bond donors (Lipinski definition) is 0. The Morgan fingerprint density at radius 2 is 2.06 bits per heavy atom. The quantitative estimate of drug-likeness (QED) is 0.739. The number of benzene rings is 1. The Labute approximate surface area is 109 Å². The molecule has 0 N–H and O–H groups in total. The van der Waals surface area contributed by atoms with Gasteiger partial charge in [0.15, 0.2) is 0 Å². The number of nitriles is 1. The molecule has 1 aliphatic carbocycles. The smallest absolute Gasteiger partial charge is 0.119 e. The molecule has 1 saturated carbocycles. The summed E-state index contributed by atoms with van der Waals surface area (Å²) in [7, 11) is 0. The van der Waals surface area contributed by atoms with Crippen molar-refractivity contribution in [3.63, 3.8) is 0 Å². The molecule has 96 valence electrons. The third-order valence-corrected chi connectivity index (χ3v) is 3.32. The molecule has 0 radical (unpaired) electrons. The van der Waals surface area contributed by atoms with Gasteiger partial charge in [0.2, 0.25) is 0 Å². The predicted molar refractivity (Wildman–Crippen MR) is 71.5 cm³/mol. The van der Waals surface area contributed by atoms with Crippen molar-refractivity contribution in [2.45, 2.75) is 32.2 Å². The zero-order chi connectivity index (χ0) is 12.8. The largest absolute Gasteiger partial charge is 0.492 e. The van der Waals surface area contributed by atoms with E-state index in [1.807, 2.05) is 24.3 Å². The van der Waals surface area contributed by atoms with E-state index < -0.39 is 0 Å². The Bertz CT molecular complexity index is 403. The van der Waals surface area contributed by atoms with Crippen molar-refractivity contribution in [2.75, 3.05) is 19.7 Å². The summed E-state index contributed by atoms with van der Waals surface area (Å²) < 4.78 is 5.72. The highest BCUT2D eigenvalue weighted by molar-refractivity contribution is 5.28. The number of ether oxygens (including phenoxy) is 1. The summed E-state index contributed by atoms with van der Waals surface area (Å²) in [6.45, 7) is 5.05. The average molecular weight is 244 g/mol. The van der Waals surface area contributed by atoms with E-state index in [-0.39, 0.29) is 0 Å². The van der Waals surface area contributed by atoms with E-state index in [0.29, 0.717) is 6.42 Å². The van der Waals surface area contributed by atoms with Crippen LogP contribution in [0.3, 0.4) is 0 Å². The van der Waals surface area contributed by atoms with Crippen LogP contribution in [0, 0.1) is 11.3 Å². The second-order valence-electron chi connectivity index (χ2n) is 4.69. The number of nitrogens with zero attached hydrogens (tertiary/aromatic N) is 2. The van der Waals surface area contributed by atoms with E-state index in [4.69, 9.17) is 10.00 Å². The van der Waals surface area contributed by atoms with E-state index in [0.717, 1.165) is 37.1 Å². The summed E-state index contributed by atoms with van der Waals surface area (Å²) in [6, 6.07) is 10.7. The molecule has 0 aliphatic heterocycles. The van der Waals surface area contributed by atoms with Gasteiger partial charge in [0.05, 0.1) is 12.5 Å². The maximum absolute atomic E-state index is 8.59. The van der Waals surface area contributed by atoms with Crippen LogP contribution >= 0.6 is 0 Å². The minimum absolute atomic E-state index is 0.464. The van der Waals surface area contributed by atoms with Gasteiger partial charge < -0.3 is 4.74 Å². The predicted octanol–water partition coefficient (Wildman–Crippen LogP) is 2.62. The molecule has 0 bridgehead atoms. The van der Waals surface area contributed by atoms with Gasteiger partial charge >= 0.3 is 0 Å². The molecule has 2 rings (SSSR count). The van der Waals surface area contributed by atoms with Gasteiger partial charge in [0.1, 0.15) is 12.4 Å². The first kappa shape index (κ1) is 12.9. The van der Waals surface area contributed by atoms with E-state index >= 15 is 0 Å². The maximum Gasteiger partial charge on any atom is 0.119 e. The fraction of sp³-hybridized carbons (Fsp3) is 0.533. The maximum atomic E-state index is 8.59. The SMILES string of the molecule is CCN(CCOc1ccc(CC#N)cc1)C1CC1. The molecule has 0 atom stereocenters. The molecule has 18 heavy (non-hydrogen) atoms. The number of rotatable bonds is 7. The Kier molecular flexibility index (Phi) is 4.60. The van der Waals surface area contributed by atoms with Gasteiger partial charge in [-0.2, -0.15) is 5.26 Å². The molecule has 0 aromatic heterocycles. The van der Waals surface area contributed by atoms with Crippen LogP contribution in [0.15, 0.2) is 24.3 Å². The Morgan fingerprint density at radius 3 is 2.61 bits per heavy atom. The first-order valence-electron chi connectivity index (χ1n) is 6.66. The molecule has 0 spiro atoms. The summed E-state index contributed by atoms with van der Waals surface area (Å²) in [6.07, 6.45) is 3.15. The Balaban J connectivity index is 1.74. The van der Waals surface area contributed by atoms with Gasteiger partial charge in [-0.1, -0.05) is 19.1 Å². The third kappa shape index (κ3) is 3.75. The summed E-state index contributed by atoms with van der Waals surface area (Å²) >= 11 is 0. The van der Waals surface area contributed by atoms with Gasteiger partial charge in [0.25, 0.3) is 0 Å². The van der Waals surface area contributed by atoms with Gasteiger partial charge in [-0.05, 0) is 37.1 Å². The van der Waals surface area contributed by atoms with Crippen molar-refractivity contribution in [1.29, 1.82) is 5.26 Å². The summed E-state index contributed by atoms with van der Waals surface area (Å²) in [5.41, 5.74) is 1.04. The van der Waals surface area contributed by atoms with Crippen molar-refractivity contribution in [1.82, 2.24) is 4.90 Å². The van der Waals surface area contributed by atoms with Crippen molar-refractivity contribution in [3.05, 3.63) is 29.8 Å². The molecule has 1 aliphatic rings. The molecule has 1 aromatic carbocycles. The van der Waals surface area contributed by atoms with Crippen LogP contribution in [0.2, 0.25) is 0 Å². The first-order valence-corrected chi connectivity index (χ1v) is 6.66. The van der Waals surface area contributed by atoms with Crippen molar-refractivity contribution in [2.24, 2.45) is 0 Å². The molecule has 0 heterocycles. The zero-order valence-electron chi connectivity index (χ0n) is 10.9. The number of hydrogen-bond acceptors (Lipinski definition) is 3. The zero-order valence-corrected chi connectivity index (χ0v) is 10.9. The highest BCUT2D eigenvalue weighted by Crippen LogP contribution is 2.26. The summed E-state index contributed by atoms with van der Waals surface area (Å²) in [5, 5.41) is 8.59. The van der Waals surface area contributed by atoms with Crippen molar-refractivity contribution in [3.8, 4) is 11.8 Å². The average Bonchev–Trinajstić information content (AvgIpc) is 3.21. The number of likely N-dealkylation sites (N-methyl/N-ethyl adjacent to an activating group) is 1. The highest BCUT2D eigenvalue weighted by atomic mass is 16.5. The highest BCUT2D eigenvalue weighted by Gasteiger charge is 2.27. The second kappa shape index (κ2) is 6.42. The van der Waals surface area contributed by atoms with Crippen molar-refractivity contribution >= 4 is 0 Å². The van der Waals surface area contributed by atoms with Crippen LogP contribution < -0.4 is 4.74 Å². The van der Waals surface area contributed by atoms with Crippen LogP contribution in [0.25, 0.3) is 0 Å². The van der Waals surface area contributed by atoms with Crippen LogP contribution in [0.1, 0.15) is 25.3 Å². The molecule has 1 aromatic rings. The third-order valence-electron chi connectivity index (χ3n) is 3.32. The molecular formula is C15H20N2O. The minimum Gasteiger partial charge on any atom is -0.492 e. The molecule has 3 nitrogen and oxygen atoms in total. The second-order valence-corrected chi connectivity index (χ2v) is 4.69. The fourth-order valence-corrected chi connectivity index (χ4v) is 2.11. The molecular weight excluding hydrogens is 224 g/mol. The lowest BCUT2D eigenvalue weighted by Crippen LogP contribution is -2.30. The lowest BCUT2D eigenvalue weighted by atomic mass is 10.2. The van der Waals surface area contributed by atoms with Crippen molar-refractivity contribution < 1.29 is 4.74 Å². The minimum atomic E-state index is 0.464. The summed E-state index contributed by atoms with van der Waals surface area (Å²) in [5.74, 6) is 0.892. The Morgan fingerprint density at radius 1 is 1.33 bits per heavy atom. The van der Waals surface area contributed by atoms with Crippen LogP contribution in [0.5, 0.6) is 5.75 Å². The molecule has 0 saturated heterocycles. The fourth-order valence-electron chi connectivity index (χ4n) is 2.11. The van der Waals surface area contributed by atoms with E-state index in [9.17, 15) is 0 Å². The lowest BCUT2D eigenvalue weighted by molar-refractivity contribution is 0.209. The monoisotopic (exact) mass is 244 g/mol. The van der Waals surface area contributed by atoms with E-state index in [1.165, 1.54) is 12.8 Å². The molecule has 3 heteroatoms. The van der Waals surface area contributed by atoms with Gasteiger partial charge in [-0.25, -0.2) is 0 Å². The summed E-state index contributed by atoms with van der Waals surface area (Å²) in [4.78, 5) is 2.48. The molecule has 1 fully saturated rings. The molecule has 0 unspecified atom stereocenters.